The fourth-order valence-electron chi connectivity index (χ4n) is 2.59. The van der Waals surface area contributed by atoms with Crippen LogP contribution in [0.15, 0.2) is 42.8 Å². The molecule has 1 aliphatic heterocycles. The van der Waals surface area contributed by atoms with Crippen LogP contribution in [0.5, 0.6) is 5.75 Å². The van der Waals surface area contributed by atoms with Gasteiger partial charge in [0.1, 0.15) is 5.75 Å². The minimum absolute atomic E-state index is 0.0145. The maximum atomic E-state index is 12.7. The van der Waals surface area contributed by atoms with E-state index in [4.69, 9.17) is 9.47 Å². The zero-order valence-corrected chi connectivity index (χ0v) is 13.5. The van der Waals surface area contributed by atoms with Crippen LogP contribution in [0.3, 0.4) is 0 Å². The Morgan fingerprint density at radius 1 is 1.43 bits per heavy atom. The average Bonchev–Trinajstić information content (AvgIpc) is 3.31. The average molecular weight is 313 g/mol. The Kier molecular flexibility index (Phi) is 4.70. The van der Waals surface area contributed by atoms with E-state index in [9.17, 15) is 4.79 Å². The predicted molar refractivity (Wildman–Crippen MR) is 90.0 cm³/mol. The van der Waals surface area contributed by atoms with Crippen molar-refractivity contribution in [1.29, 1.82) is 0 Å². The van der Waals surface area contributed by atoms with Crippen molar-refractivity contribution in [2.45, 2.75) is 44.8 Å². The van der Waals surface area contributed by atoms with Crippen LogP contribution >= 0.6 is 0 Å². The zero-order valence-electron chi connectivity index (χ0n) is 13.5. The van der Waals surface area contributed by atoms with E-state index < -0.39 is 6.10 Å². The van der Waals surface area contributed by atoms with Gasteiger partial charge in [-0.15, -0.1) is 6.58 Å². The Hall–Kier alpha value is -2.23. The Morgan fingerprint density at radius 3 is 2.96 bits per heavy atom. The summed E-state index contributed by atoms with van der Waals surface area (Å²) in [4.78, 5) is 12.7. The molecule has 1 aromatic carbocycles. The van der Waals surface area contributed by atoms with Crippen molar-refractivity contribution < 1.29 is 14.3 Å². The quantitative estimate of drug-likeness (QED) is 0.747. The van der Waals surface area contributed by atoms with Gasteiger partial charge in [-0.1, -0.05) is 25.1 Å². The molecule has 1 N–H and O–H groups in total. The number of carbonyl (C=O) groups excluding carboxylic acids is 1. The molecule has 122 valence electrons. The normalized spacial score (nSPS) is 20.4. The third-order valence-electron chi connectivity index (χ3n) is 3.91. The highest BCUT2D eigenvalue weighted by atomic mass is 16.5. The van der Waals surface area contributed by atoms with E-state index in [1.54, 1.807) is 6.08 Å². The molecular weight excluding hydrogens is 290 g/mol. The number of benzene rings is 1. The van der Waals surface area contributed by atoms with Crippen molar-refractivity contribution in [2.24, 2.45) is 0 Å². The van der Waals surface area contributed by atoms with Crippen molar-refractivity contribution in [2.75, 3.05) is 6.61 Å². The molecule has 0 amide bonds. The van der Waals surface area contributed by atoms with Crippen molar-refractivity contribution in [3.63, 3.8) is 0 Å². The minimum Gasteiger partial charge on any atom is -0.494 e. The van der Waals surface area contributed by atoms with Gasteiger partial charge in [-0.25, -0.2) is 0 Å². The number of Topliss-reactive ketones (excluding diaryl/α,β-unsaturated/α-hetero) is 1. The van der Waals surface area contributed by atoms with E-state index in [0.717, 1.165) is 30.6 Å². The molecule has 2 aliphatic rings. The summed E-state index contributed by atoms with van der Waals surface area (Å²) in [5, 5.41) is 3.34. The van der Waals surface area contributed by atoms with Gasteiger partial charge in [0, 0.05) is 12.5 Å². The molecule has 1 atom stereocenters. The Morgan fingerprint density at radius 2 is 2.26 bits per heavy atom. The minimum atomic E-state index is -0.469. The first-order valence-electron chi connectivity index (χ1n) is 8.28. The lowest BCUT2D eigenvalue weighted by Gasteiger charge is -2.10. The van der Waals surface area contributed by atoms with Crippen LogP contribution in [0.4, 0.5) is 0 Å². The van der Waals surface area contributed by atoms with E-state index in [2.05, 4.69) is 18.8 Å². The van der Waals surface area contributed by atoms with Gasteiger partial charge < -0.3 is 14.8 Å². The van der Waals surface area contributed by atoms with E-state index in [1.165, 1.54) is 0 Å². The lowest BCUT2D eigenvalue weighted by Crippen LogP contribution is -2.19. The maximum absolute atomic E-state index is 12.7. The number of rotatable bonds is 8. The van der Waals surface area contributed by atoms with Gasteiger partial charge in [0.25, 0.3) is 0 Å². The summed E-state index contributed by atoms with van der Waals surface area (Å²) in [6, 6.07) is 8.10. The first-order chi connectivity index (χ1) is 11.2. The largest absolute Gasteiger partial charge is 0.494 e. The molecule has 1 fully saturated rings. The van der Waals surface area contributed by atoms with E-state index in [0.29, 0.717) is 30.5 Å². The van der Waals surface area contributed by atoms with Crippen LogP contribution in [0.2, 0.25) is 0 Å². The molecule has 23 heavy (non-hydrogen) atoms. The number of nitrogens with one attached hydrogen (secondary N) is 1. The topological polar surface area (TPSA) is 47.6 Å². The molecule has 3 rings (SSSR count). The molecule has 1 unspecified atom stereocenters. The second-order valence-corrected chi connectivity index (χ2v) is 5.99. The van der Waals surface area contributed by atoms with Crippen LogP contribution in [0, 0.1) is 0 Å². The molecule has 0 radical (unpaired) electrons. The van der Waals surface area contributed by atoms with Crippen molar-refractivity contribution >= 4 is 11.4 Å². The van der Waals surface area contributed by atoms with Crippen LogP contribution in [0.25, 0.3) is 5.57 Å². The Balaban J connectivity index is 1.89. The third kappa shape index (κ3) is 3.58. The summed E-state index contributed by atoms with van der Waals surface area (Å²) in [5.74, 6) is 1.40. The predicted octanol–water partition coefficient (Wildman–Crippen LogP) is 3.44. The molecule has 1 heterocycles. The summed E-state index contributed by atoms with van der Waals surface area (Å²) in [7, 11) is 0. The molecule has 4 nitrogen and oxygen atoms in total. The van der Waals surface area contributed by atoms with E-state index in [-0.39, 0.29) is 5.78 Å². The maximum Gasteiger partial charge on any atom is 0.209 e. The van der Waals surface area contributed by atoms with Gasteiger partial charge in [-0.3, -0.25) is 4.79 Å². The molecule has 0 aromatic heterocycles. The molecule has 0 bridgehead atoms. The molecule has 0 spiro atoms. The van der Waals surface area contributed by atoms with Crippen LogP contribution < -0.4 is 10.1 Å². The molecular formula is C19H23NO3. The highest BCUT2D eigenvalue weighted by molar-refractivity contribution is 6.25. The lowest BCUT2D eigenvalue weighted by molar-refractivity contribution is -0.119. The fourth-order valence-corrected chi connectivity index (χ4v) is 2.59. The van der Waals surface area contributed by atoms with Gasteiger partial charge in [0.2, 0.25) is 5.78 Å². The number of carbonyl (C=O) groups is 1. The fraction of sp³-hybridized carbons (Fsp3) is 0.421. The van der Waals surface area contributed by atoms with Gasteiger partial charge in [0.15, 0.2) is 12.0 Å². The first-order valence-corrected chi connectivity index (χ1v) is 8.28. The third-order valence-corrected chi connectivity index (χ3v) is 3.91. The second kappa shape index (κ2) is 6.90. The molecule has 1 saturated carbocycles. The van der Waals surface area contributed by atoms with Crippen LogP contribution in [-0.4, -0.2) is 24.5 Å². The zero-order chi connectivity index (χ0) is 16.2. The summed E-state index contributed by atoms with van der Waals surface area (Å²) in [5.41, 5.74) is 1.48. The van der Waals surface area contributed by atoms with Gasteiger partial charge in [-0.2, -0.15) is 0 Å². The van der Waals surface area contributed by atoms with Gasteiger partial charge in [-0.05, 0) is 37.0 Å². The number of ketones is 1. The second-order valence-electron chi connectivity index (χ2n) is 5.99. The van der Waals surface area contributed by atoms with Crippen LogP contribution in [-0.2, 0) is 9.53 Å². The van der Waals surface area contributed by atoms with Crippen molar-refractivity contribution in [3.8, 4) is 5.75 Å². The smallest absolute Gasteiger partial charge is 0.209 e. The molecule has 1 aliphatic carbocycles. The first kappa shape index (κ1) is 15.7. The number of ether oxygens (including phenoxy) is 2. The van der Waals surface area contributed by atoms with E-state index in [1.807, 2.05) is 24.3 Å². The van der Waals surface area contributed by atoms with Gasteiger partial charge >= 0.3 is 0 Å². The lowest BCUT2D eigenvalue weighted by atomic mass is 9.99. The van der Waals surface area contributed by atoms with E-state index >= 15 is 0 Å². The summed E-state index contributed by atoms with van der Waals surface area (Å²) >= 11 is 0. The standard InChI is InChI=1S/C19H23NO3/c1-3-6-16-18(21)17(19(23-16)20-14-9-10-14)13-7-5-8-15(12-13)22-11-4-2/h3,5,7-8,12,14,16,20H,1,4,6,9-11H2,2H3. The number of hydrogen-bond donors (Lipinski definition) is 1. The Labute approximate surface area is 137 Å². The SMILES string of the molecule is C=CCC1OC(NC2CC2)=C(c2cccc(OCCC)c2)C1=O. The summed E-state index contributed by atoms with van der Waals surface area (Å²) < 4.78 is 11.5. The summed E-state index contributed by atoms with van der Waals surface area (Å²) in [6.45, 7) is 6.45. The highest BCUT2D eigenvalue weighted by Gasteiger charge is 2.37. The van der Waals surface area contributed by atoms with Crippen molar-refractivity contribution in [3.05, 3.63) is 48.4 Å². The van der Waals surface area contributed by atoms with Crippen molar-refractivity contribution in [1.82, 2.24) is 5.32 Å². The molecule has 4 heteroatoms. The summed E-state index contributed by atoms with van der Waals surface area (Å²) in [6.07, 6.45) is 4.97. The Bertz CT molecular complexity index is 631. The monoisotopic (exact) mass is 313 g/mol. The number of hydrogen-bond acceptors (Lipinski definition) is 4. The van der Waals surface area contributed by atoms with Crippen LogP contribution in [0.1, 0.15) is 38.2 Å². The molecule has 0 saturated heterocycles. The van der Waals surface area contributed by atoms with Gasteiger partial charge in [0.05, 0.1) is 12.2 Å². The molecule has 1 aromatic rings. The highest BCUT2D eigenvalue weighted by Crippen LogP contribution is 2.34.